The Hall–Kier alpha value is -1.14. The molecule has 0 amide bonds. The standard InChI is InChI=1S/C9H7BrClNO4/c1-16-9(13)8-6(11)2-5(4-10)3-7(8)12(14)15/h2-3H,4H2,1H3. The summed E-state index contributed by atoms with van der Waals surface area (Å²) in [6, 6.07) is 2.77. The first kappa shape index (κ1) is 12.9. The van der Waals surface area contributed by atoms with E-state index in [1.807, 2.05) is 0 Å². The van der Waals surface area contributed by atoms with Crippen molar-refractivity contribution in [1.29, 1.82) is 0 Å². The van der Waals surface area contributed by atoms with Gasteiger partial charge in [0.25, 0.3) is 5.69 Å². The molecule has 0 aromatic heterocycles. The van der Waals surface area contributed by atoms with Gasteiger partial charge in [-0.25, -0.2) is 4.79 Å². The third kappa shape index (κ3) is 2.51. The van der Waals surface area contributed by atoms with E-state index in [0.717, 1.165) is 7.11 Å². The van der Waals surface area contributed by atoms with Crippen molar-refractivity contribution in [2.45, 2.75) is 5.33 Å². The largest absolute Gasteiger partial charge is 0.465 e. The summed E-state index contributed by atoms with van der Waals surface area (Å²) in [4.78, 5) is 21.5. The van der Waals surface area contributed by atoms with E-state index in [1.165, 1.54) is 12.1 Å². The molecule has 1 aromatic rings. The number of hydrogen-bond acceptors (Lipinski definition) is 4. The zero-order valence-electron chi connectivity index (χ0n) is 8.20. The quantitative estimate of drug-likeness (QED) is 0.372. The van der Waals surface area contributed by atoms with Gasteiger partial charge in [-0.15, -0.1) is 0 Å². The molecular weight excluding hydrogens is 301 g/mol. The fraction of sp³-hybridized carbons (Fsp3) is 0.222. The number of carbonyl (C=O) groups is 1. The SMILES string of the molecule is COC(=O)c1c(Cl)cc(CBr)cc1[N+](=O)[O-]. The van der Waals surface area contributed by atoms with E-state index in [-0.39, 0.29) is 16.3 Å². The summed E-state index contributed by atoms with van der Waals surface area (Å²) in [5.41, 5.74) is 0.0389. The number of nitro benzene ring substituents is 1. The molecule has 0 unspecified atom stereocenters. The van der Waals surface area contributed by atoms with Gasteiger partial charge in [-0.1, -0.05) is 27.5 Å². The molecule has 0 atom stereocenters. The van der Waals surface area contributed by atoms with Gasteiger partial charge < -0.3 is 4.74 Å². The summed E-state index contributed by atoms with van der Waals surface area (Å²) >= 11 is 8.96. The van der Waals surface area contributed by atoms with E-state index in [9.17, 15) is 14.9 Å². The summed E-state index contributed by atoms with van der Waals surface area (Å²) in [5.74, 6) is -0.821. The fourth-order valence-corrected chi connectivity index (χ4v) is 1.81. The molecule has 5 nitrogen and oxygen atoms in total. The normalized spacial score (nSPS) is 9.94. The number of methoxy groups -OCH3 is 1. The number of nitro groups is 1. The molecule has 0 heterocycles. The monoisotopic (exact) mass is 307 g/mol. The number of benzene rings is 1. The predicted molar refractivity (Wildman–Crippen MR) is 62.1 cm³/mol. The smallest absolute Gasteiger partial charge is 0.346 e. The maximum absolute atomic E-state index is 11.3. The lowest BCUT2D eigenvalue weighted by Gasteiger charge is -2.05. The molecule has 0 saturated carbocycles. The number of nitrogens with zero attached hydrogens (tertiary/aromatic N) is 1. The number of hydrogen-bond donors (Lipinski definition) is 0. The lowest BCUT2D eigenvalue weighted by molar-refractivity contribution is -0.385. The van der Waals surface area contributed by atoms with Gasteiger partial charge in [0.15, 0.2) is 5.56 Å². The van der Waals surface area contributed by atoms with E-state index in [4.69, 9.17) is 11.6 Å². The molecule has 1 aromatic carbocycles. The minimum atomic E-state index is -0.821. The topological polar surface area (TPSA) is 69.4 Å². The molecule has 86 valence electrons. The van der Waals surface area contributed by atoms with Crippen LogP contribution in [0.25, 0.3) is 0 Å². The maximum Gasteiger partial charge on any atom is 0.346 e. The second-order valence-corrected chi connectivity index (χ2v) is 3.82. The summed E-state index contributed by atoms with van der Waals surface area (Å²) < 4.78 is 4.44. The van der Waals surface area contributed by atoms with E-state index in [1.54, 1.807) is 0 Å². The minimum Gasteiger partial charge on any atom is -0.465 e. The molecule has 0 fully saturated rings. The van der Waals surface area contributed by atoms with Crippen LogP contribution in [-0.4, -0.2) is 18.0 Å². The Balaban J connectivity index is 3.45. The first-order valence-electron chi connectivity index (χ1n) is 4.12. The minimum absolute atomic E-state index is 0.00972. The third-order valence-electron chi connectivity index (χ3n) is 1.87. The Kier molecular flexibility index (Phi) is 4.26. The lowest BCUT2D eigenvalue weighted by Crippen LogP contribution is -2.07. The Morgan fingerprint density at radius 1 is 1.62 bits per heavy atom. The molecule has 0 aliphatic rings. The first-order valence-corrected chi connectivity index (χ1v) is 5.62. The van der Waals surface area contributed by atoms with Crippen LogP contribution >= 0.6 is 27.5 Å². The number of esters is 1. The zero-order valence-corrected chi connectivity index (χ0v) is 10.5. The Morgan fingerprint density at radius 2 is 2.25 bits per heavy atom. The average Bonchev–Trinajstić information content (AvgIpc) is 2.26. The third-order valence-corrected chi connectivity index (χ3v) is 2.82. The molecule has 7 heteroatoms. The Bertz CT molecular complexity index is 449. The molecule has 16 heavy (non-hydrogen) atoms. The highest BCUT2D eigenvalue weighted by atomic mass is 79.9. The van der Waals surface area contributed by atoms with Gasteiger partial charge in [-0.3, -0.25) is 10.1 Å². The number of halogens is 2. The average molecular weight is 309 g/mol. The highest BCUT2D eigenvalue weighted by Crippen LogP contribution is 2.29. The van der Waals surface area contributed by atoms with E-state index < -0.39 is 10.9 Å². The fourth-order valence-electron chi connectivity index (χ4n) is 1.17. The second kappa shape index (κ2) is 5.27. The number of ether oxygens (including phenoxy) is 1. The number of carbonyl (C=O) groups excluding carboxylic acids is 1. The molecule has 0 N–H and O–H groups in total. The molecule has 0 saturated heterocycles. The first-order chi connectivity index (χ1) is 7.51. The van der Waals surface area contributed by atoms with Crippen LogP contribution in [0.2, 0.25) is 5.02 Å². The van der Waals surface area contributed by atoms with Gasteiger partial charge in [0.05, 0.1) is 17.1 Å². The molecule has 0 radical (unpaired) electrons. The van der Waals surface area contributed by atoms with Crippen LogP contribution in [0.4, 0.5) is 5.69 Å². The van der Waals surface area contributed by atoms with Crippen LogP contribution in [0.3, 0.4) is 0 Å². The van der Waals surface area contributed by atoms with Crippen LogP contribution in [0.1, 0.15) is 15.9 Å². The molecular formula is C9H7BrClNO4. The van der Waals surface area contributed by atoms with Crippen LogP contribution < -0.4 is 0 Å². The van der Waals surface area contributed by atoms with Crippen molar-refractivity contribution in [2.75, 3.05) is 7.11 Å². The molecule has 0 aliphatic carbocycles. The Morgan fingerprint density at radius 3 is 2.69 bits per heavy atom. The zero-order chi connectivity index (χ0) is 12.3. The van der Waals surface area contributed by atoms with Gasteiger partial charge >= 0.3 is 5.97 Å². The van der Waals surface area contributed by atoms with Crippen molar-refractivity contribution in [3.63, 3.8) is 0 Å². The molecule has 0 spiro atoms. The van der Waals surface area contributed by atoms with Gasteiger partial charge in [0.1, 0.15) is 0 Å². The van der Waals surface area contributed by atoms with E-state index >= 15 is 0 Å². The predicted octanol–water partition coefficient (Wildman–Crippen LogP) is 2.93. The van der Waals surface area contributed by atoms with Crippen LogP contribution in [0.15, 0.2) is 12.1 Å². The van der Waals surface area contributed by atoms with E-state index in [2.05, 4.69) is 20.7 Å². The summed E-state index contributed by atoms with van der Waals surface area (Å²) in [6.45, 7) is 0. The van der Waals surface area contributed by atoms with Crippen molar-refractivity contribution in [2.24, 2.45) is 0 Å². The second-order valence-electron chi connectivity index (χ2n) is 2.85. The summed E-state index contributed by atoms with van der Waals surface area (Å²) in [5, 5.41) is 11.2. The molecule has 0 bridgehead atoms. The van der Waals surface area contributed by atoms with Gasteiger partial charge in [-0.2, -0.15) is 0 Å². The van der Waals surface area contributed by atoms with Crippen molar-refractivity contribution in [3.8, 4) is 0 Å². The molecule has 0 aliphatic heterocycles. The summed E-state index contributed by atoms with van der Waals surface area (Å²) in [6.07, 6.45) is 0. The Labute approximate surface area is 105 Å². The maximum atomic E-state index is 11.3. The number of alkyl halides is 1. The number of rotatable bonds is 3. The summed E-state index contributed by atoms with van der Waals surface area (Å²) in [7, 11) is 1.14. The lowest BCUT2D eigenvalue weighted by atomic mass is 10.1. The van der Waals surface area contributed by atoms with Crippen molar-refractivity contribution in [3.05, 3.63) is 38.4 Å². The van der Waals surface area contributed by atoms with Crippen LogP contribution in [0, 0.1) is 10.1 Å². The van der Waals surface area contributed by atoms with Crippen molar-refractivity contribution in [1.82, 2.24) is 0 Å². The van der Waals surface area contributed by atoms with Crippen molar-refractivity contribution < 1.29 is 14.5 Å². The van der Waals surface area contributed by atoms with Crippen LogP contribution in [0.5, 0.6) is 0 Å². The molecule has 1 rings (SSSR count). The van der Waals surface area contributed by atoms with Crippen molar-refractivity contribution >= 4 is 39.2 Å². The van der Waals surface area contributed by atoms with Gasteiger partial charge in [0, 0.05) is 11.4 Å². The van der Waals surface area contributed by atoms with Gasteiger partial charge in [-0.05, 0) is 11.6 Å². The van der Waals surface area contributed by atoms with Gasteiger partial charge in [0.2, 0.25) is 0 Å². The highest BCUT2D eigenvalue weighted by Gasteiger charge is 2.25. The van der Waals surface area contributed by atoms with E-state index in [0.29, 0.717) is 10.9 Å². The highest BCUT2D eigenvalue weighted by molar-refractivity contribution is 9.08. The van der Waals surface area contributed by atoms with Crippen LogP contribution in [-0.2, 0) is 10.1 Å².